The fourth-order valence-corrected chi connectivity index (χ4v) is 3.46. The Morgan fingerprint density at radius 2 is 1.95 bits per heavy atom. The van der Waals surface area contributed by atoms with Crippen LogP contribution in [-0.4, -0.2) is 36.4 Å². The Hall–Kier alpha value is -1.11. The molecule has 5 nitrogen and oxygen atoms in total. The fraction of sp³-hybridized carbons (Fsp3) is 0.462. The Bertz CT molecular complexity index is 625. The molecule has 1 N–H and O–H groups in total. The van der Waals surface area contributed by atoms with Gasteiger partial charge in [0, 0.05) is 12.6 Å². The standard InChI is InChI=1S/C13H18ClNO4S/c1-5-13(2,3)15(4)20(18,19)9-6-7-10(12(16)17)11(14)8-9/h6-8H,5H2,1-4H3,(H,16,17). The van der Waals surface area contributed by atoms with Gasteiger partial charge in [0.1, 0.15) is 0 Å². The van der Waals surface area contributed by atoms with E-state index in [4.69, 9.17) is 16.7 Å². The minimum atomic E-state index is -3.72. The summed E-state index contributed by atoms with van der Waals surface area (Å²) in [4.78, 5) is 10.9. The van der Waals surface area contributed by atoms with Crippen molar-refractivity contribution < 1.29 is 18.3 Å². The molecule has 0 atom stereocenters. The van der Waals surface area contributed by atoms with E-state index >= 15 is 0 Å². The summed E-state index contributed by atoms with van der Waals surface area (Å²) in [7, 11) is -2.22. The SMILES string of the molecule is CCC(C)(C)N(C)S(=O)(=O)c1ccc(C(=O)O)c(Cl)c1. The van der Waals surface area contributed by atoms with Crippen LogP contribution in [0.4, 0.5) is 0 Å². The average Bonchev–Trinajstić information content (AvgIpc) is 2.37. The van der Waals surface area contributed by atoms with Crippen molar-refractivity contribution in [1.82, 2.24) is 4.31 Å². The summed E-state index contributed by atoms with van der Waals surface area (Å²) in [6.45, 7) is 5.53. The van der Waals surface area contributed by atoms with Gasteiger partial charge in [0.2, 0.25) is 10.0 Å². The lowest BCUT2D eigenvalue weighted by atomic mass is 10.0. The van der Waals surface area contributed by atoms with E-state index in [1.807, 2.05) is 20.8 Å². The van der Waals surface area contributed by atoms with Gasteiger partial charge in [-0.05, 0) is 38.5 Å². The summed E-state index contributed by atoms with van der Waals surface area (Å²) < 4.78 is 26.3. The molecule has 1 aromatic carbocycles. The zero-order valence-electron chi connectivity index (χ0n) is 11.8. The van der Waals surface area contributed by atoms with Gasteiger partial charge in [-0.3, -0.25) is 0 Å². The molecular formula is C13H18ClNO4S. The number of hydrogen-bond donors (Lipinski definition) is 1. The summed E-state index contributed by atoms with van der Waals surface area (Å²) in [6.07, 6.45) is 0.643. The summed E-state index contributed by atoms with van der Waals surface area (Å²) in [5.74, 6) is -1.19. The molecule has 0 bridgehead atoms. The highest BCUT2D eigenvalue weighted by Gasteiger charge is 2.33. The third-order valence-electron chi connectivity index (χ3n) is 3.55. The minimum absolute atomic E-state index is 0.0171. The van der Waals surface area contributed by atoms with Crippen LogP contribution >= 0.6 is 11.6 Å². The molecular weight excluding hydrogens is 302 g/mol. The molecule has 0 amide bonds. The van der Waals surface area contributed by atoms with Gasteiger partial charge in [-0.25, -0.2) is 13.2 Å². The van der Waals surface area contributed by atoms with Crippen molar-refractivity contribution in [2.24, 2.45) is 0 Å². The number of hydrogen-bond acceptors (Lipinski definition) is 3. The molecule has 112 valence electrons. The molecule has 0 saturated carbocycles. The van der Waals surface area contributed by atoms with E-state index in [9.17, 15) is 13.2 Å². The van der Waals surface area contributed by atoms with Gasteiger partial charge in [0.05, 0.1) is 15.5 Å². The molecule has 0 unspecified atom stereocenters. The lowest BCUT2D eigenvalue weighted by Gasteiger charge is -2.33. The zero-order chi connectivity index (χ0) is 15.7. The molecule has 0 spiro atoms. The normalized spacial score (nSPS) is 12.7. The number of rotatable bonds is 5. The third kappa shape index (κ3) is 3.13. The van der Waals surface area contributed by atoms with E-state index in [-0.39, 0.29) is 15.5 Å². The van der Waals surface area contributed by atoms with E-state index < -0.39 is 21.5 Å². The van der Waals surface area contributed by atoms with Crippen LogP contribution in [0.2, 0.25) is 5.02 Å². The predicted molar refractivity (Wildman–Crippen MR) is 77.7 cm³/mol. The van der Waals surface area contributed by atoms with Gasteiger partial charge in [0.25, 0.3) is 0 Å². The molecule has 0 aliphatic carbocycles. The number of benzene rings is 1. The van der Waals surface area contributed by atoms with E-state index in [2.05, 4.69) is 0 Å². The van der Waals surface area contributed by atoms with Gasteiger partial charge in [-0.1, -0.05) is 18.5 Å². The molecule has 0 fully saturated rings. The van der Waals surface area contributed by atoms with E-state index in [0.29, 0.717) is 6.42 Å². The average molecular weight is 320 g/mol. The summed E-state index contributed by atoms with van der Waals surface area (Å²) in [5, 5.41) is 8.80. The van der Waals surface area contributed by atoms with E-state index in [1.54, 1.807) is 0 Å². The lowest BCUT2D eigenvalue weighted by Crippen LogP contribution is -2.44. The number of sulfonamides is 1. The first-order valence-corrected chi connectivity index (χ1v) is 7.87. The maximum atomic E-state index is 12.5. The summed E-state index contributed by atoms with van der Waals surface area (Å²) in [5.41, 5.74) is -0.667. The summed E-state index contributed by atoms with van der Waals surface area (Å²) in [6, 6.07) is 3.62. The molecule has 1 rings (SSSR count). The van der Waals surface area contributed by atoms with Gasteiger partial charge in [0.15, 0.2) is 0 Å². The number of carboxylic acids is 1. The van der Waals surface area contributed by atoms with Crippen LogP contribution in [0, 0.1) is 0 Å². The maximum Gasteiger partial charge on any atom is 0.337 e. The highest BCUT2D eigenvalue weighted by molar-refractivity contribution is 7.89. The van der Waals surface area contributed by atoms with Crippen molar-refractivity contribution in [3.8, 4) is 0 Å². The first kappa shape index (κ1) is 16.9. The zero-order valence-corrected chi connectivity index (χ0v) is 13.4. The highest BCUT2D eigenvalue weighted by Crippen LogP contribution is 2.28. The van der Waals surface area contributed by atoms with Crippen LogP contribution in [0.25, 0.3) is 0 Å². The molecule has 20 heavy (non-hydrogen) atoms. The van der Waals surface area contributed by atoms with Crippen molar-refractivity contribution in [1.29, 1.82) is 0 Å². The third-order valence-corrected chi connectivity index (χ3v) is 5.92. The molecule has 7 heteroatoms. The smallest absolute Gasteiger partial charge is 0.337 e. The highest BCUT2D eigenvalue weighted by atomic mass is 35.5. The van der Waals surface area contributed by atoms with Crippen LogP contribution in [0.3, 0.4) is 0 Å². The van der Waals surface area contributed by atoms with Crippen molar-refractivity contribution in [3.05, 3.63) is 28.8 Å². The molecule has 0 aliphatic rings. The number of carboxylic acid groups (broad SMARTS) is 1. The Morgan fingerprint density at radius 3 is 2.35 bits per heavy atom. The number of aromatic carboxylic acids is 1. The van der Waals surface area contributed by atoms with E-state index in [0.717, 1.165) is 0 Å². The summed E-state index contributed by atoms with van der Waals surface area (Å²) >= 11 is 5.82. The molecule has 0 aliphatic heterocycles. The number of halogens is 1. The van der Waals surface area contributed by atoms with Crippen molar-refractivity contribution in [2.75, 3.05) is 7.05 Å². The second kappa shape index (κ2) is 5.71. The molecule has 0 aromatic heterocycles. The quantitative estimate of drug-likeness (QED) is 0.905. The lowest BCUT2D eigenvalue weighted by molar-refractivity contribution is 0.0697. The van der Waals surface area contributed by atoms with Gasteiger partial charge >= 0.3 is 5.97 Å². The van der Waals surface area contributed by atoms with E-state index in [1.165, 1.54) is 29.6 Å². The molecule has 0 heterocycles. The molecule has 1 aromatic rings. The Kier molecular flexibility index (Phi) is 4.84. The van der Waals surface area contributed by atoms with Crippen molar-refractivity contribution in [2.45, 2.75) is 37.6 Å². The van der Waals surface area contributed by atoms with Crippen LogP contribution in [0.5, 0.6) is 0 Å². The number of nitrogens with zero attached hydrogens (tertiary/aromatic N) is 1. The molecule has 0 saturated heterocycles. The van der Waals surface area contributed by atoms with Gasteiger partial charge in [-0.2, -0.15) is 4.31 Å². The van der Waals surface area contributed by atoms with Gasteiger partial charge in [-0.15, -0.1) is 0 Å². The van der Waals surface area contributed by atoms with Gasteiger partial charge < -0.3 is 5.11 Å². The largest absolute Gasteiger partial charge is 0.478 e. The monoisotopic (exact) mass is 319 g/mol. The second-order valence-corrected chi connectivity index (χ2v) is 7.46. The first-order valence-electron chi connectivity index (χ1n) is 6.06. The first-order chi connectivity index (χ1) is 9.04. The Morgan fingerprint density at radius 1 is 1.40 bits per heavy atom. The predicted octanol–water partition coefficient (Wildman–Crippen LogP) is 2.85. The number of carbonyl (C=O) groups is 1. The fourth-order valence-electron chi connectivity index (χ4n) is 1.54. The van der Waals surface area contributed by atoms with Crippen molar-refractivity contribution >= 4 is 27.6 Å². The van der Waals surface area contributed by atoms with Crippen LogP contribution in [0.1, 0.15) is 37.6 Å². The topological polar surface area (TPSA) is 74.7 Å². The Balaban J connectivity index is 3.31. The van der Waals surface area contributed by atoms with Crippen LogP contribution in [0.15, 0.2) is 23.1 Å². The maximum absolute atomic E-state index is 12.5. The van der Waals surface area contributed by atoms with Crippen molar-refractivity contribution in [3.63, 3.8) is 0 Å². The van der Waals surface area contributed by atoms with Crippen LogP contribution < -0.4 is 0 Å². The minimum Gasteiger partial charge on any atom is -0.478 e. The molecule has 0 radical (unpaired) electrons. The van der Waals surface area contributed by atoms with Crippen LogP contribution in [-0.2, 0) is 10.0 Å². The Labute approximate surface area is 124 Å². The second-order valence-electron chi connectivity index (χ2n) is 5.09.